The lowest BCUT2D eigenvalue weighted by atomic mass is 10.0. The Balaban J connectivity index is 1.44. The van der Waals surface area contributed by atoms with Crippen molar-refractivity contribution in [3.05, 3.63) is 77.5 Å². The molecule has 3 aromatic rings. The summed E-state index contributed by atoms with van der Waals surface area (Å²) >= 11 is 11.9. The van der Waals surface area contributed by atoms with Gasteiger partial charge in [-0.1, -0.05) is 17.7 Å². The number of hydrogen-bond donors (Lipinski definition) is 1. The Kier molecular flexibility index (Phi) is 6.87. The predicted molar refractivity (Wildman–Crippen MR) is 133 cm³/mol. The van der Waals surface area contributed by atoms with Gasteiger partial charge < -0.3 is 19.5 Å². The molecule has 0 radical (unpaired) electrons. The third kappa shape index (κ3) is 4.89. The molecule has 0 aliphatic carbocycles. The number of thiocarbonyl (C=S) groups is 1. The zero-order valence-electron chi connectivity index (χ0n) is 18.3. The molecule has 2 fully saturated rings. The van der Waals surface area contributed by atoms with E-state index in [2.05, 4.69) is 41.8 Å². The quantitative estimate of drug-likeness (QED) is 0.516. The zero-order chi connectivity index (χ0) is 22.6. The minimum absolute atomic E-state index is 0.00966. The Hall–Kier alpha value is -2.52. The van der Waals surface area contributed by atoms with Gasteiger partial charge in [0.1, 0.15) is 5.82 Å². The predicted octanol–water partition coefficient (Wildman–Crippen LogP) is 3.62. The lowest BCUT2D eigenvalue weighted by Crippen LogP contribution is -2.39. The Bertz CT molecular complexity index is 1070. The summed E-state index contributed by atoms with van der Waals surface area (Å²) in [5.41, 5.74) is 2.08. The highest BCUT2D eigenvalue weighted by atomic mass is 35.5. The molecule has 2 atom stereocenters. The van der Waals surface area contributed by atoms with E-state index >= 15 is 0 Å². The molecule has 2 aliphatic heterocycles. The van der Waals surface area contributed by atoms with Gasteiger partial charge in [0.25, 0.3) is 0 Å². The molecule has 0 spiro atoms. The van der Waals surface area contributed by atoms with Gasteiger partial charge in [-0.25, -0.2) is 4.98 Å². The highest BCUT2D eigenvalue weighted by Crippen LogP contribution is 2.39. The molecule has 2 aliphatic rings. The van der Waals surface area contributed by atoms with E-state index in [4.69, 9.17) is 28.6 Å². The maximum atomic E-state index is 6.08. The number of aromatic nitrogens is 3. The van der Waals surface area contributed by atoms with Crippen molar-refractivity contribution < 1.29 is 4.74 Å². The van der Waals surface area contributed by atoms with Crippen LogP contribution in [0.3, 0.4) is 0 Å². The highest BCUT2D eigenvalue weighted by Gasteiger charge is 2.41. The first-order valence-electron chi connectivity index (χ1n) is 11.3. The van der Waals surface area contributed by atoms with Crippen molar-refractivity contribution in [3.63, 3.8) is 0 Å². The number of pyridine rings is 2. The van der Waals surface area contributed by atoms with Crippen LogP contribution in [-0.2, 0) is 4.74 Å². The van der Waals surface area contributed by atoms with Crippen LogP contribution in [0.1, 0.15) is 29.9 Å². The molecular formula is C24H27ClN6OS. The molecule has 0 saturated carbocycles. The van der Waals surface area contributed by atoms with Crippen molar-refractivity contribution in [1.82, 2.24) is 29.7 Å². The molecule has 172 valence electrons. The molecule has 0 bridgehead atoms. The molecule has 1 N–H and O–H groups in total. The topological polar surface area (TPSA) is 58.5 Å². The van der Waals surface area contributed by atoms with Crippen LogP contribution in [0.4, 0.5) is 0 Å². The third-order valence-electron chi connectivity index (χ3n) is 6.22. The van der Waals surface area contributed by atoms with Crippen molar-refractivity contribution in [1.29, 1.82) is 0 Å². The van der Waals surface area contributed by atoms with Crippen LogP contribution in [0.5, 0.6) is 0 Å². The van der Waals surface area contributed by atoms with Gasteiger partial charge in [-0.05, 0) is 55.0 Å². The smallest absolute Gasteiger partial charge is 0.170 e. The molecule has 0 unspecified atom stereocenters. The fraction of sp³-hybridized carbons (Fsp3) is 0.375. The van der Waals surface area contributed by atoms with Gasteiger partial charge in [0.15, 0.2) is 5.11 Å². The fourth-order valence-corrected chi connectivity index (χ4v) is 5.06. The summed E-state index contributed by atoms with van der Waals surface area (Å²) in [5.74, 6) is 0.824. The van der Waals surface area contributed by atoms with E-state index < -0.39 is 0 Å². The SMILES string of the molecule is S=C1N[C@@H](c2ccccn2)[C@H](c2cccn2-c2ccc(Cl)cn2)N1CCCN1CCOCC1. The van der Waals surface area contributed by atoms with E-state index in [0.29, 0.717) is 5.02 Å². The van der Waals surface area contributed by atoms with Gasteiger partial charge in [0.05, 0.1) is 36.0 Å². The fourth-order valence-electron chi connectivity index (χ4n) is 4.61. The van der Waals surface area contributed by atoms with Crippen molar-refractivity contribution in [2.75, 3.05) is 39.4 Å². The van der Waals surface area contributed by atoms with Gasteiger partial charge in [-0.3, -0.25) is 9.88 Å². The average Bonchev–Trinajstić information content (AvgIpc) is 3.45. The Morgan fingerprint density at radius 3 is 2.70 bits per heavy atom. The van der Waals surface area contributed by atoms with Crippen LogP contribution in [0.2, 0.25) is 5.02 Å². The van der Waals surface area contributed by atoms with Crippen molar-refractivity contribution in [2.24, 2.45) is 0 Å². The Morgan fingerprint density at radius 1 is 1.06 bits per heavy atom. The minimum atomic E-state index is -0.0527. The Morgan fingerprint density at radius 2 is 1.94 bits per heavy atom. The van der Waals surface area contributed by atoms with Gasteiger partial charge in [-0.2, -0.15) is 0 Å². The van der Waals surface area contributed by atoms with E-state index in [1.807, 2.05) is 42.7 Å². The summed E-state index contributed by atoms with van der Waals surface area (Å²) in [6, 6.07) is 13.9. The molecule has 3 aromatic heterocycles. The second-order valence-corrected chi connectivity index (χ2v) is 9.09. The standard InChI is InChI=1S/C24H27ClN6OS/c25-18-7-8-21(27-17-18)30-11-3-6-20(30)23-22(19-5-1-2-9-26-19)28-24(33)31(23)12-4-10-29-13-15-32-16-14-29/h1-3,5-9,11,17,22-23H,4,10,12-16H2,(H,28,33)/t22-,23-/m0/s1. The molecule has 0 amide bonds. The maximum absolute atomic E-state index is 6.08. The lowest BCUT2D eigenvalue weighted by molar-refractivity contribution is 0.0365. The summed E-state index contributed by atoms with van der Waals surface area (Å²) in [7, 11) is 0. The molecule has 7 nitrogen and oxygen atoms in total. The normalized spacial score (nSPS) is 21.4. The van der Waals surface area contributed by atoms with E-state index in [-0.39, 0.29) is 12.1 Å². The molecule has 0 aromatic carbocycles. The summed E-state index contributed by atoms with van der Waals surface area (Å²) in [6.45, 7) is 5.51. The Labute approximate surface area is 204 Å². The summed E-state index contributed by atoms with van der Waals surface area (Å²) in [6.07, 6.45) is 6.56. The second-order valence-electron chi connectivity index (χ2n) is 8.27. The molecule has 5 rings (SSSR count). The zero-order valence-corrected chi connectivity index (χ0v) is 19.9. The second kappa shape index (κ2) is 10.2. The van der Waals surface area contributed by atoms with Gasteiger partial charge in [0, 0.05) is 50.5 Å². The van der Waals surface area contributed by atoms with Gasteiger partial charge in [0.2, 0.25) is 0 Å². The van der Waals surface area contributed by atoms with E-state index in [0.717, 1.165) is 68.1 Å². The summed E-state index contributed by atoms with van der Waals surface area (Å²) < 4.78 is 7.59. The molecule has 5 heterocycles. The lowest BCUT2D eigenvalue weighted by Gasteiger charge is -2.30. The monoisotopic (exact) mass is 482 g/mol. The number of nitrogens with zero attached hydrogens (tertiary/aromatic N) is 5. The molecular weight excluding hydrogens is 456 g/mol. The third-order valence-corrected chi connectivity index (χ3v) is 6.79. The van der Waals surface area contributed by atoms with Crippen LogP contribution in [-0.4, -0.2) is 68.8 Å². The van der Waals surface area contributed by atoms with Crippen LogP contribution in [0, 0.1) is 0 Å². The molecule has 9 heteroatoms. The average molecular weight is 483 g/mol. The van der Waals surface area contributed by atoms with Crippen LogP contribution >= 0.6 is 23.8 Å². The van der Waals surface area contributed by atoms with Crippen LogP contribution in [0.15, 0.2) is 61.1 Å². The number of hydrogen-bond acceptors (Lipinski definition) is 5. The minimum Gasteiger partial charge on any atom is -0.379 e. The number of ether oxygens (including phenoxy) is 1. The summed E-state index contributed by atoms with van der Waals surface area (Å²) in [4.78, 5) is 13.9. The van der Waals surface area contributed by atoms with E-state index in [1.165, 1.54) is 0 Å². The molecule has 2 saturated heterocycles. The number of halogens is 1. The number of morpholine rings is 1. The van der Waals surface area contributed by atoms with Crippen LogP contribution in [0.25, 0.3) is 5.82 Å². The van der Waals surface area contributed by atoms with Gasteiger partial charge in [-0.15, -0.1) is 0 Å². The number of rotatable bonds is 7. The first kappa shape index (κ1) is 22.3. The maximum Gasteiger partial charge on any atom is 0.170 e. The van der Waals surface area contributed by atoms with Crippen molar-refractivity contribution in [2.45, 2.75) is 18.5 Å². The first-order chi connectivity index (χ1) is 16.2. The van der Waals surface area contributed by atoms with Crippen LogP contribution < -0.4 is 5.32 Å². The molecule has 33 heavy (non-hydrogen) atoms. The van der Waals surface area contributed by atoms with E-state index in [9.17, 15) is 0 Å². The largest absolute Gasteiger partial charge is 0.379 e. The number of nitrogens with one attached hydrogen (secondary N) is 1. The van der Waals surface area contributed by atoms with Gasteiger partial charge >= 0.3 is 0 Å². The summed E-state index contributed by atoms with van der Waals surface area (Å²) in [5, 5.41) is 4.92. The highest BCUT2D eigenvalue weighted by molar-refractivity contribution is 7.80. The van der Waals surface area contributed by atoms with Crippen molar-refractivity contribution in [3.8, 4) is 5.82 Å². The van der Waals surface area contributed by atoms with E-state index in [1.54, 1.807) is 6.20 Å². The van der Waals surface area contributed by atoms with Crippen molar-refractivity contribution >= 4 is 28.9 Å². The first-order valence-corrected chi connectivity index (χ1v) is 12.1.